The minimum atomic E-state index is -4.48. The maximum atomic E-state index is 15.7. The molecule has 0 bridgehead atoms. The van der Waals surface area contributed by atoms with Gasteiger partial charge in [-0.25, -0.2) is 8.78 Å². The summed E-state index contributed by atoms with van der Waals surface area (Å²) in [6, 6.07) is 5.85. The quantitative estimate of drug-likeness (QED) is 0.392. The first-order valence-corrected chi connectivity index (χ1v) is 13.9. The van der Waals surface area contributed by atoms with Gasteiger partial charge in [-0.05, 0) is 67.0 Å². The average Bonchev–Trinajstić information content (AvgIpc) is 3.68. The zero-order valence-corrected chi connectivity index (χ0v) is 22.9. The van der Waals surface area contributed by atoms with E-state index < -0.39 is 35.2 Å². The number of aliphatic hydroxyl groups is 1. The van der Waals surface area contributed by atoms with Crippen LogP contribution >= 0.6 is 11.6 Å². The lowest BCUT2D eigenvalue weighted by molar-refractivity contribution is -0.137. The normalized spacial score (nSPS) is 23.4. The van der Waals surface area contributed by atoms with Crippen molar-refractivity contribution < 1.29 is 36.6 Å². The smallest absolute Gasteiger partial charge is 0.416 e. The van der Waals surface area contributed by atoms with Gasteiger partial charge >= 0.3 is 6.18 Å². The van der Waals surface area contributed by atoms with Gasteiger partial charge < -0.3 is 14.7 Å². The Morgan fingerprint density at radius 3 is 2.45 bits per heavy atom. The van der Waals surface area contributed by atoms with Gasteiger partial charge in [-0.3, -0.25) is 9.69 Å². The highest BCUT2D eigenvalue weighted by Gasteiger charge is 2.38. The molecule has 3 aliphatic rings. The highest BCUT2D eigenvalue weighted by molar-refractivity contribution is 6.31. The van der Waals surface area contributed by atoms with Crippen LogP contribution in [0.25, 0.3) is 0 Å². The Hall–Kier alpha value is -2.43. The summed E-state index contributed by atoms with van der Waals surface area (Å²) in [5.41, 5.74) is -1.54. The summed E-state index contributed by atoms with van der Waals surface area (Å²) in [7, 11) is 0. The first kappa shape index (κ1) is 29.1. The number of nitrogens with zero attached hydrogens (tertiary/aromatic N) is 2. The maximum Gasteiger partial charge on any atom is 0.416 e. The fourth-order valence-electron chi connectivity index (χ4n) is 5.44. The number of rotatable bonds is 7. The highest BCUT2D eigenvalue weighted by Crippen LogP contribution is 2.46. The van der Waals surface area contributed by atoms with Gasteiger partial charge in [0.25, 0.3) is 5.91 Å². The molecule has 1 saturated carbocycles. The highest BCUT2D eigenvalue weighted by atomic mass is 35.5. The van der Waals surface area contributed by atoms with Crippen LogP contribution in [-0.4, -0.2) is 65.4 Å². The Morgan fingerprint density at radius 1 is 1.15 bits per heavy atom. The molecule has 0 aromatic heterocycles. The second kappa shape index (κ2) is 11.1. The molecule has 1 aliphatic carbocycles. The predicted octanol–water partition coefficient (Wildman–Crippen LogP) is 6.21. The zero-order chi connectivity index (χ0) is 28.8. The molecule has 5 nitrogen and oxygen atoms in total. The third-order valence-electron chi connectivity index (χ3n) is 8.21. The van der Waals surface area contributed by atoms with E-state index in [1.807, 2.05) is 11.8 Å². The van der Waals surface area contributed by atoms with E-state index in [1.165, 1.54) is 17.0 Å². The number of aliphatic hydroxyl groups excluding tert-OH is 1. The Kier molecular flexibility index (Phi) is 8.07. The lowest BCUT2D eigenvalue weighted by Crippen LogP contribution is -2.44. The number of amides is 1. The van der Waals surface area contributed by atoms with E-state index in [9.17, 15) is 23.1 Å². The molecule has 1 amide bonds. The third kappa shape index (κ3) is 6.39. The average molecular weight is 587 g/mol. The molecule has 1 N–H and O–H groups in total. The van der Waals surface area contributed by atoms with E-state index in [0.29, 0.717) is 30.8 Å². The lowest BCUT2D eigenvalue weighted by atomic mass is 9.93. The van der Waals surface area contributed by atoms with Gasteiger partial charge in [0.2, 0.25) is 0 Å². The molecule has 40 heavy (non-hydrogen) atoms. The predicted molar refractivity (Wildman–Crippen MR) is 140 cm³/mol. The van der Waals surface area contributed by atoms with E-state index in [1.54, 1.807) is 0 Å². The fraction of sp³-hybridized carbons (Fsp3) is 0.552. The fourth-order valence-corrected chi connectivity index (χ4v) is 5.61. The topological polar surface area (TPSA) is 53.0 Å². The maximum absolute atomic E-state index is 15.7. The van der Waals surface area contributed by atoms with Crippen LogP contribution in [0.1, 0.15) is 65.6 Å². The van der Waals surface area contributed by atoms with Crippen LogP contribution < -0.4 is 4.74 Å². The molecular formula is C29H32ClF5N2O3. The summed E-state index contributed by atoms with van der Waals surface area (Å²) in [5.74, 6) is -0.989. The number of piperidine rings is 1. The van der Waals surface area contributed by atoms with Crippen molar-refractivity contribution in [1.29, 1.82) is 0 Å². The molecule has 2 heterocycles. The van der Waals surface area contributed by atoms with Crippen LogP contribution in [0.4, 0.5) is 22.0 Å². The van der Waals surface area contributed by atoms with Gasteiger partial charge in [0.05, 0.1) is 17.2 Å². The molecule has 2 aromatic rings. The van der Waals surface area contributed by atoms with Crippen molar-refractivity contribution in [3.8, 4) is 5.75 Å². The largest absolute Gasteiger partial charge is 0.490 e. The van der Waals surface area contributed by atoms with Gasteiger partial charge in [-0.2, -0.15) is 13.2 Å². The number of carbonyl (C=O) groups excluding carboxylic acids is 1. The molecule has 3 fully saturated rings. The number of benzene rings is 2. The minimum absolute atomic E-state index is 0.0768. The minimum Gasteiger partial charge on any atom is -0.490 e. The van der Waals surface area contributed by atoms with E-state index in [0.717, 1.165) is 31.0 Å². The van der Waals surface area contributed by atoms with Crippen molar-refractivity contribution in [3.63, 3.8) is 0 Å². The van der Waals surface area contributed by atoms with Crippen molar-refractivity contribution >= 4 is 17.5 Å². The number of β-amino-alcohol motifs (C(OH)–C–C–N with tert-alkyl or cyclic N) is 1. The second-order valence-electron chi connectivity index (χ2n) is 11.4. The van der Waals surface area contributed by atoms with Crippen molar-refractivity contribution in [1.82, 2.24) is 9.80 Å². The molecule has 2 aromatic carbocycles. The third-order valence-corrected chi connectivity index (χ3v) is 8.58. The molecule has 218 valence electrons. The van der Waals surface area contributed by atoms with Gasteiger partial charge in [0.15, 0.2) is 0 Å². The number of carbonyl (C=O) groups is 1. The molecule has 5 rings (SSSR count). The standard InChI is InChI=1S/C29H32ClF5N2O3/c1-17-13-37(15-25(17)38)27(39)22-11-21(18-2-3-18)26(12-24(22)31)40-16-28(32)6-8-36(9-7-28)14-19-10-20(29(33,34)35)4-5-23(19)30/h4-5,10-12,17-18,25,38H,2-3,6-9,13-16H2,1H3. The summed E-state index contributed by atoms with van der Waals surface area (Å²) in [5, 5.41) is 10.2. The molecule has 2 atom stereocenters. The number of hydrogen-bond acceptors (Lipinski definition) is 4. The first-order chi connectivity index (χ1) is 18.8. The van der Waals surface area contributed by atoms with Crippen molar-refractivity contribution in [3.05, 3.63) is 63.4 Å². The molecule has 2 aliphatic heterocycles. The molecule has 2 saturated heterocycles. The monoisotopic (exact) mass is 586 g/mol. The van der Waals surface area contributed by atoms with Crippen molar-refractivity contribution in [2.24, 2.45) is 5.92 Å². The Balaban J connectivity index is 1.22. The van der Waals surface area contributed by atoms with Crippen LogP contribution in [0, 0.1) is 11.7 Å². The van der Waals surface area contributed by atoms with E-state index in [-0.39, 0.29) is 60.7 Å². The molecule has 0 spiro atoms. The number of ether oxygens (including phenoxy) is 1. The van der Waals surface area contributed by atoms with Crippen LogP contribution in [0.3, 0.4) is 0 Å². The van der Waals surface area contributed by atoms with E-state index >= 15 is 8.78 Å². The van der Waals surface area contributed by atoms with Crippen LogP contribution in [0.5, 0.6) is 5.75 Å². The van der Waals surface area contributed by atoms with Gasteiger partial charge in [-0.15, -0.1) is 0 Å². The first-order valence-electron chi connectivity index (χ1n) is 13.5. The Bertz CT molecular complexity index is 1250. The van der Waals surface area contributed by atoms with Crippen molar-refractivity contribution in [2.45, 2.75) is 63.0 Å². The zero-order valence-electron chi connectivity index (χ0n) is 22.1. The molecular weight excluding hydrogens is 555 g/mol. The number of hydrogen-bond donors (Lipinski definition) is 1. The molecule has 2 unspecified atom stereocenters. The number of alkyl halides is 4. The van der Waals surface area contributed by atoms with Gasteiger partial charge in [0, 0.05) is 49.7 Å². The lowest BCUT2D eigenvalue weighted by Gasteiger charge is -2.36. The number of halogens is 6. The summed E-state index contributed by atoms with van der Waals surface area (Å²) in [4.78, 5) is 16.3. The molecule has 0 radical (unpaired) electrons. The Morgan fingerprint density at radius 2 is 1.85 bits per heavy atom. The molecule has 11 heteroatoms. The van der Waals surface area contributed by atoms with Crippen LogP contribution in [-0.2, 0) is 12.7 Å². The summed E-state index contributed by atoms with van der Waals surface area (Å²) < 4.78 is 75.9. The summed E-state index contributed by atoms with van der Waals surface area (Å²) >= 11 is 6.12. The number of likely N-dealkylation sites (tertiary alicyclic amines) is 2. The SMILES string of the molecule is CC1CN(C(=O)c2cc(C3CC3)c(OCC3(F)CCN(Cc4cc(C(F)(F)F)ccc4Cl)CC3)cc2F)CC1O. The van der Waals surface area contributed by atoms with E-state index in [2.05, 4.69) is 0 Å². The van der Waals surface area contributed by atoms with Crippen LogP contribution in [0.15, 0.2) is 30.3 Å². The van der Waals surface area contributed by atoms with Crippen LogP contribution in [0.2, 0.25) is 5.02 Å². The summed E-state index contributed by atoms with van der Waals surface area (Å²) in [6.45, 7) is 2.79. The van der Waals surface area contributed by atoms with Gasteiger partial charge in [0.1, 0.15) is 23.8 Å². The summed E-state index contributed by atoms with van der Waals surface area (Å²) in [6.07, 6.45) is -3.21. The Labute approximate surface area is 234 Å². The second-order valence-corrected chi connectivity index (χ2v) is 11.8. The van der Waals surface area contributed by atoms with Gasteiger partial charge in [-0.1, -0.05) is 18.5 Å². The van der Waals surface area contributed by atoms with Crippen molar-refractivity contribution in [2.75, 3.05) is 32.8 Å². The van der Waals surface area contributed by atoms with E-state index in [4.69, 9.17) is 16.3 Å².